The van der Waals surface area contributed by atoms with E-state index in [1.54, 1.807) is 12.1 Å². The highest BCUT2D eigenvalue weighted by Crippen LogP contribution is 2.29. The summed E-state index contributed by atoms with van der Waals surface area (Å²) in [5.41, 5.74) is 0. The van der Waals surface area contributed by atoms with Gasteiger partial charge >= 0.3 is 0 Å². The first-order valence-electron chi connectivity index (χ1n) is 6.50. The van der Waals surface area contributed by atoms with Crippen molar-refractivity contribution in [2.75, 3.05) is 26.9 Å². The molecule has 5 heteroatoms. The Hall–Kier alpha value is -1.33. The van der Waals surface area contributed by atoms with Crippen molar-refractivity contribution in [3.05, 3.63) is 24.0 Å². The summed E-state index contributed by atoms with van der Waals surface area (Å²) in [5, 5.41) is 0. The van der Waals surface area contributed by atoms with Crippen molar-refractivity contribution < 1.29 is 23.3 Å². The molecule has 0 aliphatic carbocycles. The molecule has 4 nitrogen and oxygen atoms in total. The minimum atomic E-state index is -0.437. The molecule has 1 aliphatic heterocycles. The highest BCUT2D eigenvalue weighted by Gasteiger charge is 2.14. The number of rotatable bonds is 6. The molecule has 1 aromatic carbocycles. The quantitative estimate of drug-likeness (QED) is 0.745. The van der Waals surface area contributed by atoms with Crippen molar-refractivity contribution in [2.24, 2.45) is 0 Å². The Morgan fingerprint density at radius 1 is 1.32 bits per heavy atom. The van der Waals surface area contributed by atoms with Crippen molar-refractivity contribution in [1.82, 2.24) is 0 Å². The van der Waals surface area contributed by atoms with Crippen LogP contribution in [0.5, 0.6) is 11.5 Å². The zero-order valence-corrected chi connectivity index (χ0v) is 11.1. The standard InChI is InChI=1S/C14H19FO4/c1-16-12-6-4-5-11(15)14(12)19-10-9-18-13-7-2-3-8-17-13/h4-6,13H,2-3,7-10H2,1H3/t13-/m1/s1. The predicted octanol–water partition coefficient (Wildman–Crippen LogP) is 2.76. The van der Waals surface area contributed by atoms with Gasteiger partial charge in [-0.05, 0) is 31.4 Å². The first-order valence-corrected chi connectivity index (χ1v) is 6.50. The van der Waals surface area contributed by atoms with E-state index >= 15 is 0 Å². The van der Waals surface area contributed by atoms with Gasteiger partial charge in [0.1, 0.15) is 6.61 Å². The van der Waals surface area contributed by atoms with Gasteiger partial charge < -0.3 is 18.9 Å². The number of ether oxygens (including phenoxy) is 4. The lowest BCUT2D eigenvalue weighted by molar-refractivity contribution is -0.165. The zero-order chi connectivity index (χ0) is 13.5. The molecule has 1 fully saturated rings. The van der Waals surface area contributed by atoms with Gasteiger partial charge in [0.05, 0.1) is 13.7 Å². The van der Waals surface area contributed by atoms with E-state index in [0.717, 1.165) is 25.9 Å². The summed E-state index contributed by atoms with van der Waals surface area (Å²) in [6.07, 6.45) is 2.96. The number of para-hydroxylation sites is 1. The second-order valence-corrected chi connectivity index (χ2v) is 4.29. The molecular formula is C14H19FO4. The van der Waals surface area contributed by atoms with Crippen LogP contribution in [-0.4, -0.2) is 33.2 Å². The molecule has 0 radical (unpaired) electrons. The van der Waals surface area contributed by atoms with Gasteiger partial charge in [0.25, 0.3) is 0 Å². The highest BCUT2D eigenvalue weighted by atomic mass is 19.1. The maximum atomic E-state index is 13.5. The molecule has 0 saturated carbocycles. The number of hydrogen-bond acceptors (Lipinski definition) is 4. The van der Waals surface area contributed by atoms with E-state index in [4.69, 9.17) is 18.9 Å². The molecule has 0 N–H and O–H groups in total. The molecule has 0 spiro atoms. The van der Waals surface area contributed by atoms with Crippen LogP contribution in [0.1, 0.15) is 19.3 Å². The van der Waals surface area contributed by atoms with E-state index in [0.29, 0.717) is 12.4 Å². The molecule has 1 atom stereocenters. The predicted molar refractivity (Wildman–Crippen MR) is 68.0 cm³/mol. The summed E-state index contributed by atoms with van der Waals surface area (Å²) >= 11 is 0. The van der Waals surface area contributed by atoms with E-state index < -0.39 is 5.82 Å². The Labute approximate surface area is 112 Å². The summed E-state index contributed by atoms with van der Waals surface area (Å²) in [4.78, 5) is 0. The molecule has 0 unspecified atom stereocenters. The van der Waals surface area contributed by atoms with E-state index in [-0.39, 0.29) is 18.6 Å². The lowest BCUT2D eigenvalue weighted by Gasteiger charge is -2.22. The summed E-state index contributed by atoms with van der Waals surface area (Å²) in [7, 11) is 1.48. The van der Waals surface area contributed by atoms with Gasteiger partial charge in [-0.1, -0.05) is 6.07 Å². The largest absolute Gasteiger partial charge is 0.493 e. The molecule has 106 valence electrons. The molecule has 0 amide bonds. The minimum absolute atomic E-state index is 0.123. The Kier molecular flexibility index (Phi) is 5.42. The van der Waals surface area contributed by atoms with Crippen LogP contribution in [0.2, 0.25) is 0 Å². The SMILES string of the molecule is COc1cccc(F)c1OCCO[C@@H]1CCCCO1. The van der Waals surface area contributed by atoms with Crippen LogP contribution in [0.15, 0.2) is 18.2 Å². The van der Waals surface area contributed by atoms with E-state index in [1.807, 2.05) is 0 Å². The third kappa shape index (κ3) is 4.08. The smallest absolute Gasteiger partial charge is 0.197 e. The van der Waals surface area contributed by atoms with E-state index in [2.05, 4.69) is 0 Å². The van der Waals surface area contributed by atoms with Crippen LogP contribution in [-0.2, 0) is 9.47 Å². The maximum Gasteiger partial charge on any atom is 0.197 e. The van der Waals surface area contributed by atoms with Gasteiger partial charge in [-0.15, -0.1) is 0 Å². The molecule has 1 aliphatic rings. The van der Waals surface area contributed by atoms with Crippen LogP contribution >= 0.6 is 0 Å². The van der Waals surface area contributed by atoms with Gasteiger partial charge in [0, 0.05) is 6.61 Å². The maximum absolute atomic E-state index is 13.5. The van der Waals surface area contributed by atoms with Gasteiger partial charge in [-0.25, -0.2) is 4.39 Å². The van der Waals surface area contributed by atoms with E-state index in [9.17, 15) is 4.39 Å². The molecule has 0 aromatic heterocycles. The second-order valence-electron chi connectivity index (χ2n) is 4.29. The molecule has 1 saturated heterocycles. The molecule has 1 aromatic rings. The molecule has 2 rings (SSSR count). The van der Waals surface area contributed by atoms with Crippen molar-refractivity contribution >= 4 is 0 Å². The summed E-state index contributed by atoms with van der Waals surface area (Å²) < 4.78 is 34.9. The fourth-order valence-corrected chi connectivity index (χ4v) is 1.96. The van der Waals surface area contributed by atoms with Crippen LogP contribution < -0.4 is 9.47 Å². The lowest BCUT2D eigenvalue weighted by Crippen LogP contribution is -2.24. The summed E-state index contributed by atoms with van der Waals surface area (Å²) in [6.45, 7) is 1.37. The first kappa shape index (κ1) is 14.1. The highest BCUT2D eigenvalue weighted by molar-refractivity contribution is 5.40. The van der Waals surface area contributed by atoms with Gasteiger partial charge in [0.15, 0.2) is 23.6 Å². The topological polar surface area (TPSA) is 36.9 Å². The monoisotopic (exact) mass is 270 g/mol. The summed E-state index contributed by atoms with van der Waals surface area (Å²) in [5.74, 6) is 0.0698. The Balaban J connectivity index is 1.76. The Morgan fingerprint density at radius 2 is 2.21 bits per heavy atom. The van der Waals surface area contributed by atoms with Crippen LogP contribution in [0, 0.1) is 5.82 Å². The Bertz CT molecular complexity index is 391. The number of benzene rings is 1. The third-order valence-electron chi connectivity index (χ3n) is 2.92. The first-order chi connectivity index (χ1) is 9.31. The lowest BCUT2D eigenvalue weighted by atomic mass is 10.2. The molecular weight excluding hydrogens is 251 g/mol. The fourth-order valence-electron chi connectivity index (χ4n) is 1.96. The van der Waals surface area contributed by atoms with Crippen LogP contribution in [0.4, 0.5) is 4.39 Å². The van der Waals surface area contributed by atoms with E-state index in [1.165, 1.54) is 13.2 Å². The fraction of sp³-hybridized carbons (Fsp3) is 0.571. The van der Waals surface area contributed by atoms with Crippen molar-refractivity contribution in [3.8, 4) is 11.5 Å². The zero-order valence-electron chi connectivity index (χ0n) is 11.1. The summed E-state index contributed by atoms with van der Waals surface area (Å²) in [6, 6.07) is 4.57. The Morgan fingerprint density at radius 3 is 2.95 bits per heavy atom. The van der Waals surface area contributed by atoms with Crippen molar-refractivity contribution in [2.45, 2.75) is 25.6 Å². The average molecular weight is 270 g/mol. The van der Waals surface area contributed by atoms with Crippen LogP contribution in [0.25, 0.3) is 0 Å². The van der Waals surface area contributed by atoms with Crippen molar-refractivity contribution in [3.63, 3.8) is 0 Å². The molecule has 1 heterocycles. The van der Waals surface area contributed by atoms with Gasteiger partial charge in [0.2, 0.25) is 0 Å². The number of methoxy groups -OCH3 is 1. The molecule has 19 heavy (non-hydrogen) atoms. The number of hydrogen-bond donors (Lipinski definition) is 0. The minimum Gasteiger partial charge on any atom is -0.493 e. The van der Waals surface area contributed by atoms with Gasteiger partial charge in [-0.3, -0.25) is 0 Å². The number of halogens is 1. The van der Waals surface area contributed by atoms with Gasteiger partial charge in [-0.2, -0.15) is 0 Å². The molecule has 0 bridgehead atoms. The normalized spacial score (nSPS) is 19.2. The van der Waals surface area contributed by atoms with Crippen molar-refractivity contribution in [1.29, 1.82) is 0 Å². The third-order valence-corrected chi connectivity index (χ3v) is 2.92. The second kappa shape index (κ2) is 7.31. The average Bonchev–Trinajstić information content (AvgIpc) is 2.46. The van der Waals surface area contributed by atoms with Crippen LogP contribution in [0.3, 0.4) is 0 Å².